The van der Waals surface area contributed by atoms with Crippen LogP contribution in [-0.4, -0.2) is 31.1 Å². The summed E-state index contributed by atoms with van der Waals surface area (Å²) in [4.78, 5) is 2.36. The standard InChI is InChI=1S/C12H19ClN2/c1-2-15(10-8-14)9-7-11-3-5-12(13)6-4-11/h3-6H,2,7-10,14H2,1H3. The highest BCUT2D eigenvalue weighted by Crippen LogP contribution is 2.10. The lowest BCUT2D eigenvalue weighted by molar-refractivity contribution is 0.300. The average molecular weight is 227 g/mol. The van der Waals surface area contributed by atoms with Gasteiger partial charge in [-0.25, -0.2) is 0 Å². The normalized spacial score (nSPS) is 10.9. The predicted octanol–water partition coefficient (Wildman–Crippen LogP) is 2.16. The van der Waals surface area contributed by atoms with E-state index in [-0.39, 0.29) is 0 Å². The van der Waals surface area contributed by atoms with Crippen LogP contribution in [0.25, 0.3) is 0 Å². The maximum atomic E-state index is 5.82. The Kier molecular flexibility index (Phi) is 5.69. The molecule has 3 heteroatoms. The van der Waals surface area contributed by atoms with E-state index in [4.69, 9.17) is 17.3 Å². The van der Waals surface area contributed by atoms with Crippen LogP contribution in [0.15, 0.2) is 24.3 Å². The second-order valence-electron chi connectivity index (χ2n) is 3.60. The zero-order chi connectivity index (χ0) is 11.1. The Morgan fingerprint density at radius 3 is 2.40 bits per heavy atom. The minimum atomic E-state index is 0.731. The van der Waals surface area contributed by atoms with Crippen LogP contribution in [0.4, 0.5) is 0 Å². The summed E-state index contributed by atoms with van der Waals surface area (Å²) in [5.41, 5.74) is 6.86. The second kappa shape index (κ2) is 6.83. The van der Waals surface area contributed by atoms with E-state index in [1.54, 1.807) is 0 Å². The summed E-state index contributed by atoms with van der Waals surface area (Å²) in [7, 11) is 0. The van der Waals surface area contributed by atoms with E-state index < -0.39 is 0 Å². The summed E-state index contributed by atoms with van der Waals surface area (Å²) >= 11 is 5.82. The lowest BCUT2D eigenvalue weighted by Gasteiger charge is -2.19. The molecular formula is C12H19ClN2. The van der Waals surface area contributed by atoms with Gasteiger partial charge in [0.1, 0.15) is 0 Å². The molecule has 1 rings (SSSR count). The first-order valence-corrected chi connectivity index (χ1v) is 5.81. The summed E-state index contributed by atoms with van der Waals surface area (Å²) in [6.07, 6.45) is 1.06. The number of halogens is 1. The van der Waals surface area contributed by atoms with Crippen molar-refractivity contribution in [2.45, 2.75) is 13.3 Å². The maximum Gasteiger partial charge on any atom is 0.0406 e. The molecule has 0 radical (unpaired) electrons. The zero-order valence-electron chi connectivity index (χ0n) is 9.25. The summed E-state index contributed by atoms with van der Waals surface area (Å²) in [5, 5.41) is 0.799. The first kappa shape index (κ1) is 12.5. The Hall–Kier alpha value is -0.570. The molecule has 0 aromatic heterocycles. The molecule has 1 aromatic carbocycles. The summed E-state index contributed by atoms with van der Waals surface area (Å²) < 4.78 is 0. The van der Waals surface area contributed by atoms with Gasteiger partial charge in [0.2, 0.25) is 0 Å². The monoisotopic (exact) mass is 226 g/mol. The van der Waals surface area contributed by atoms with Crippen molar-refractivity contribution < 1.29 is 0 Å². The molecular weight excluding hydrogens is 208 g/mol. The van der Waals surface area contributed by atoms with Crippen LogP contribution >= 0.6 is 11.6 Å². The molecule has 15 heavy (non-hydrogen) atoms. The van der Waals surface area contributed by atoms with Crippen LogP contribution in [0.5, 0.6) is 0 Å². The molecule has 0 unspecified atom stereocenters. The second-order valence-corrected chi connectivity index (χ2v) is 4.04. The molecule has 0 bridgehead atoms. The molecule has 0 amide bonds. The molecule has 0 saturated heterocycles. The summed E-state index contributed by atoms with van der Waals surface area (Å²) in [6, 6.07) is 8.05. The highest BCUT2D eigenvalue weighted by molar-refractivity contribution is 6.30. The van der Waals surface area contributed by atoms with Gasteiger partial charge in [0.25, 0.3) is 0 Å². The molecule has 0 aliphatic carbocycles. The van der Waals surface area contributed by atoms with Crippen LogP contribution in [-0.2, 0) is 6.42 Å². The van der Waals surface area contributed by atoms with Gasteiger partial charge in [-0.1, -0.05) is 30.7 Å². The topological polar surface area (TPSA) is 29.3 Å². The summed E-state index contributed by atoms with van der Waals surface area (Å²) in [6.45, 7) is 6.00. The quantitative estimate of drug-likeness (QED) is 0.806. The van der Waals surface area contributed by atoms with E-state index in [0.717, 1.165) is 37.6 Å². The fourth-order valence-electron chi connectivity index (χ4n) is 1.55. The number of rotatable bonds is 6. The number of nitrogens with zero attached hydrogens (tertiary/aromatic N) is 1. The average Bonchev–Trinajstić information content (AvgIpc) is 2.26. The van der Waals surface area contributed by atoms with Gasteiger partial charge in [-0.05, 0) is 30.7 Å². The van der Waals surface area contributed by atoms with E-state index in [0.29, 0.717) is 0 Å². The van der Waals surface area contributed by atoms with E-state index in [2.05, 4.69) is 24.0 Å². The Morgan fingerprint density at radius 1 is 1.20 bits per heavy atom. The third kappa shape index (κ3) is 4.65. The van der Waals surface area contributed by atoms with Gasteiger partial charge >= 0.3 is 0 Å². The molecule has 0 fully saturated rings. The van der Waals surface area contributed by atoms with Crippen molar-refractivity contribution in [3.8, 4) is 0 Å². The molecule has 0 spiro atoms. The van der Waals surface area contributed by atoms with Gasteiger partial charge in [-0.3, -0.25) is 0 Å². The third-order valence-corrected chi connectivity index (χ3v) is 2.77. The first-order chi connectivity index (χ1) is 7.26. The number of hydrogen-bond donors (Lipinski definition) is 1. The fourth-order valence-corrected chi connectivity index (χ4v) is 1.67. The highest BCUT2D eigenvalue weighted by Gasteiger charge is 2.01. The van der Waals surface area contributed by atoms with E-state index in [1.807, 2.05) is 12.1 Å². The highest BCUT2D eigenvalue weighted by atomic mass is 35.5. The lowest BCUT2D eigenvalue weighted by atomic mass is 10.1. The Labute approximate surface area is 97.0 Å². The van der Waals surface area contributed by atoms with Gasteiger partial charge < -0.3 is 10.6 Å². The maximum absolute atomic E-state index is 5.82. The van der Waals surface area contributed by atoms with Crippen molar-refractivity contribution in [1.29, 1.82) is 0 Å². The summed E-state index contributed by atoms with van der Waals surface area (Å²) in [5.74, 6) is 0. The SMILES string of the molecule is CCN(CCN)CCc1ccc(Cl)cc1. The minimum Gasteiger partial charge on any atom is -0.329 e. The number of likely N-dealkylation sites (N-methyl/N-ethyl adjacent to an activating group) is 1. The molecule has 0 atom stereocenters. The molecule has 0 heterocycles. The molecule has 2 nitrogen and oxygen atoms in total. The molecule has 0 aliphatic rings. The van der Waals surface area contributed by atoms with E-state index >= 15 is 0 Å². The van der Waals surface area contributed by atoms with Gasteiger partial charge in [0.05, 0.1) is 0 Å². The minimum absolute atomic E-state index is 0.731. The smallest absolute Gasteiger partial charge is 0.0406 e. The first-order valence-electron chi connectivity index (χ1n) is 5.43. The predicted molar refractivity (Wildman–Crippen MR) is 66.3 cm³/mol. The van der Waals surface area contributed by atoms with Crippen molar-refractivity contribution in [3.63, 3.8) is 0 Å². The van der Waals surface area contributed by atoms with Crippen LogP contribution in [0.2, 0.25) is 5.02 Å². The van der Waals surface area contributed by atoms with Crippen LogP contribution in [0.3, 0.4) is 0 Å². The Morgan fingerprint density at radius 2 is 1.87 bits per heavy atom. The number of hydrogen-bond acceptors (Lipinski definition) is 2. The van der Waals surface area contributed by atoms with Crippen LogP contribution in [0.1, 0.15) is 12.5 Å². The zero-order valence-corrected chi connectivity index (χ0v) is 10.0. The van der Waals surface area contributed by atoms with Gasteiger partial charge in [-0.15, -0.1) is 0 Å². The van der Waals surface area contributed by atoms with Crippen molar-refractivity contribution in [3.05, 3.63) is 34.9 Å². The number of benzene rings is 1. The Balaban J connectivity index is 2.38. The van der Waals surface area contributed by atoms with Crippen LogP contribution in [0, 0.1) is 0 Å². The molecule has 0 saturated carbocycles. The molecule has 1 aromatic rings. The number of nitrogens with two attached hydrogens (primary N) is 1. The largest absolute Gasteiger partial charge is 0.329 e. The lowest BCUT2D eigenvalue weighted by Crippen LogP contribution is -2.31. The molecule has 84 valence electrons. The van der Waals surface area contributed by atoms with Crippen molar-refractivity contribution in [2.75, 3.05) is 26.2 Å². The Bertz CT molecular complexity index is 271. The van der Waals surface area contributed by atoms with Crippen molar-refractivity contribution >= 4 is 11.6 Å². The van der Waals surface area contributed by atoms with Gasteiger partial charge in [-0.2, -0.15) is 0 Å². The van der Waals surface area contributed by atoms with Crippen molar-refractivity contribution in [2.24, 2.45) is 5.73 Å². The molecule has 2 N–H and O–H groups in total. The van der Waals surface area contributed by atoms with Gasteiger partial charge in [0, 0.05) is 24.7 Å². The van der Waals surface area contributed by atoms with Crippen molar-refractivity contribution in [1.82, 2.24) is 4.90 Å². The molecule has 0 aliphatic heterocycles. The fraction of sp³-hybridized carbons (Fsp3) is 0.500. The van der Waals surface area contributed by atoms with E-state index in [1.165, 1.54) is 5.56 Å². The third-order valence-electron chi connectivity index (χ3n) is 2.52. The van der Waals surface area contributed by atoms with E-state index in [9.17, 15) is 0 Å². The van der Waals surface area contributed by atoms with Crippen LogP contribution < -0.4 is 5.73 Å². The van der Waals surface area contributed by atoms with Gasteiger partial charge in [0.15, 0.2) is 0 Å².